The summed E-state index contributed by atoms with van der Waals surface area (Å²) in [7, 11) is 0. The van der Waals surface area contributed by atoms with E-state index in [0.29, 0.717) is 18.5 Å². The van der Waals surface area contributed by atoms with E-state index in [0.717, 1.165) is 19.3 Å². The molecule has 0 aromatic carbocycles. The van der Waals surface area contributed by atoms with Gasteiger partial charge in [0.05, 0.1) is 0 Å². The molecule has 2 N–H and O–H groups in total. The molecule has 0 spiro atoms. The van der Waals surface area contributed by atoms with E-state index in [4.69, 9.17) is 10.2 Å². The number of likely N-dealkylation sites (tertiary alicyclic amines) is 1. The normalized spacial score (nSPS) is 18.2. The van der Waals surface area contributed by atoms with Gasteiger partial charge in [0.2, 0.25) is 0 Å². The number of hydrogen-bond acceptors (Lipinski definition) is 4. The van der Waals surface area contributed by atoms with Gasteiger partial charge in [0.1, 0.15) is 5.69 Å². The van der Waals surface area contributed by atoms with E-state index >= 15 is 0 Å². The molecule has 0 aliphatic carbocycles. The number of carbonyl (C=O) groups is 2. The van der Waals surface area contributed by atoms with Crippen molar-refractivity contribution < 1.29 is 19.8 Å². The van der Waals surface area contributed by atoms with Gasteiger partial charge in [0.25, 0.3) is 5.91 Å². The molecule has 1 aromatic rings. The molecule has 108 valence electrons. The maximum atomic E-state index is 12.4. The Morgan fingerprint density at radius 1 is 1.45 bits per heavy atom. The van der Waals surface area contributed by atoms with Gasteiger partial charge in [-0.25, -0.2) is 9.78 Å². The average Bonchev–Trinajstić information content (AvgIpc) is 2.92. The van der Waals surface area contributed by atoms with Crippen LogP contribution in [-0.4, -0.2) is 51.2 Å². The molecule has 2 rings (SSSR count). The van der Waals surface area contributed by atoms with Crippen molar-refractivity contribution >= 4 is 11.9 Å². The SMILES string of the molecule is O=C(O)c1cc(C(=O)N2CCCC2CCCO)ccn1. The van der Waals surface area contributed by atoms with Crippen LogP contribution in [-0.2, 0) is 0 Å². The first-order valence-corrected chi connectivity index (χ1v) is 6.74. The number of aromatic carboxylic acids is 1. The molecule has 6 nitrogen and oxygen atoms in total. The Balaban J connectivity index is 2.13. The summed E-state index contributed by atoms with van der Waals surface area (Å²) < 4.78 is 0. The van der Waals surface area contributed by atoms with E-state index in [1.165, 1.54) is 18.3 Å². The smallest absolute Gasteiger partial charge is 0.354 e. The third-order valence-corrected chi connectivity index (χ3v) is 3.56. The summed E-state index contributed by atoms with van der Waals surface area (Å²) in [5.74, 6) is -1.30. The van der Waals surface area contributed by atoms with Crippen LogP contribution >= 0.6 is 0 Å². The standard InChI is InChI=1S/C14H18N2O4/c17-8-2-4-11-3-1-7-16(11)13(18)10-5-6-15-12(9-10)14(19)20/h5-6,9,11,17H,1-4,7-8H2,(H,19,20). The third kappa shape index (κ3) is 3.14. The number of pyridine rings is 1. The summed E-state index contributed by atoms with van der Waals surface area (Å²) in [6.07, 6.45) is 4.67. The highest BCUT2D eigenvalue weighted by molar-refractivity contribution is 5.96. The van der Waals surface area contributed by atoms with E-state index in [2.05, 4.69) is 4.98 Å². The molecule has 1 saturated heterocycles. The van der Waals surface area contributed by atoms with Crippen LogP contribution < -0.4 is 0 Å². The van der Waals surface area contributed by atoms with Crippen LogP contribution in [0.5, 0.6) is 0 Å². The molecule has 20 heavy (non-hydrogen) atoms. The molecule has 0 radical (unpaired) electrons. The number of nitrogens with zero attached hydrogens (tertiary/aromatic N) is 2. The molecule has 1 unspecified atom stereocenters. The predicted octanol–water partition coefficient (Wildman–Crippen LogP) is 1.16. The second-order valence-corrected chi connectivity index (χ2v) is 4.90. The number of hydrogen-bond donors (Lipinski definition) is 2. The molecule has 1 atom stereocenters. The fourth-order valence-corrected chi connectivity index (χ4v) is 2.58. The van der Waals surface area contributed by atoms with Gasteiger partial charge in [-0.3, -0.25) is 4.79 Å². The van der Waals surface area contributed by atoms with Crippen LogP contribution in [0, 0.1) is 0 Å². The zero-order valence-corrected chi connectivity index (χ0v) is 11.2. The Hall–Kier alpha value is -1.95. The van der Waals surface area contributed by atoms with E-state index in [1.807, 2.05) is 0 Å². The molecule has 1 aromatic heterocycles. The lowest BCUT2D eigenvalue weighted by atomic mass is 10.1. The summed E-state index contributed by atoms with van der Waals surface area (Å²) in [6, 6.07) is 2.98. The number of amides is 1. The van der Waals surface area contributed by atoms with Crippen molar-refractivity contribution in [1.29, 1.82) is 0 Å². The second-order valence-electron chi connectivity index (χ2n) is 4.90. The zero-order valence-electron chi connectivity index (χ0n) is 11.2. The van der Waals surface area contributed by atoms with Crippen molar-refractivity contribution in [2.75, 3.05) is 13.2 Å². The second kappa shape index (κ2) is 6.47. The number of carbonyl (C=O) groups excluding carboxylic acids is 1. The number of carboxylic acid groups (broad SMARTS) is 1. The third-order valence-electron chi connectivity index (χ3n) is 3.56. The van der Waals surface area contributed by atoms with Crippen molar-refractivity contribution in [3.8, 4) is 0 Å². The summed E-state index contributed by atoms with van der Waals surface area (Å²) >= 11 is 0. The predicted molar refractivity (Wildman–Crippen MR) is 71.6 cm³/mol. The lowest BCUT2D eigenvalue weighted by molar-refractivity contribution is 0.0690. The highest BCUT2D eigenvalue weighted by Gasteiger charge is 2.29. The molecule has 1 amide bonds. The van der Waals surface area contributed by atoms with Crippen molar-refractivity contribution in [2.24, 2.45) is 0 Å². The largest absolute Gasteiger partial charge is 0.477 e. The summed E-state index contributed by atoms with van der Waals surface area (Å²) in [6.45, 7) is 0.802. The molecule has 0 saturated carbocycles. The number of aliphatic hydroxyl groups is 1. The fourth-order valence-electron chi connectivity index (χ4n) is 2.58. The van der Waals surface area contributed by atoms with Gasteiger partial charge < -0.3 is 15.1 Å². The molecule has 6 heteroatoms. The first-order valence-electron chi connectivity index (χ1n) is 6.74. The molecule has 1 fully saturated rings. The first kappa shape index (κ1) is 14.5. The molecule has 0 bridgehead atoms. The van der Waals surface area contributed by atoms with Gasteiger partial charge in [-0.1, -0.05) is 0 Å². The van der Waals surface area contributed by atoms with E-state index < -0.39 is 5.97 Å². The van der Waals surface area contributed by atoms with E-state index in [9.17, 15) is 9.59 Å². The van der Waals surface area contributed by atoms with Crippen molar-refractivity contribution in [3.63, 3.8) is 0 Å². The first-order chi connectivity index (χ1) is 9.63. The van der Waals surface area contributed by atoms with Gasteiger partial charge in [-0.15, -0.1) is 0 Å². The Kier molecular flexibility index (Phi) is 4.68. The Morgan fingerprint density at radius 2 is 2.25 bits per heavy atom. The summed E-state index contributed by atoms with van der Waals surface area (Å²) in [5.41, 5.74) is 0.232. The number of carboxylic acids is 1. The number of aromatic nitrogens is 1. The van der Waals surface area contributed by atoms with Crippen LogP contribution in [0.15, 0.2) is 18.3 Å². The summed E-state index contributed by atoms with van der Waals surface area (Å²) in [4.78, 5) is 28.8. The zero-order chi connectivity index (χ0) is 14.5. The minimum atomic E-state index is -1.14. The molecular formula is C14H18N2O4. The van der Waals surface area contributed by atoms with Gasteiger partial charge in [-0.05, 0) is 37.8 Å². The van der Waals surface area contributed by atoms with Gasteiger partial charge >= 0.3 is 5.97 Å². The number of rotatable bonds is 5. The van der Waals surface area contributed by atoms with Gasteiger partial charge in [0.15, 0.2) is 0 Å². The number of aliphatic hydroxyl groups excluding tert-OH is 1. The maximum absolute atomic E-state index is 12.4. The van der Waals surface area contributed by atoms with Crippen LogP contribution in [0.2, 0.25) is 0 Å². The summed E-state index contributed by atoms with van der Waals surface area (Å²) in [5, 5.41) is 17.8. The Morgan fingerprint density at radius 3 is 2.95 bits per heavy atom. The molecule has 1 aliphatic rings. The fraction of sp³-hybridized carbons (Fsp3) is 0.500. The molecular weight excluding hydrogens is 260 g/mol. The highest BCUT2D eigenvalue weighted by atomic mass is 16.4. The highest BCUT2D eigenvalue weighted by Crippen LogP contribution is 2.23. The quantitative estimate of drug-likeness (QED) is 0.843. The minimum absolute atomic E-state index is 0.122. The monoisotopic (exact) mass is 278 g/mol. The van der Waals surface area contributed by atoms with Crippen LogP contribution in [0.4, 0.5) is 0 Å². The van der Waals surface area contributed by atoms with Gasteiger partial charge in [0, 0.05) is 31.0 Å². The van der Waals surface area contributed by atoms with Crippen molar-refractivity contribution in [1.82, 2.24) is 9.88 Å². The van der Waals surface area contributed by atoms with Crippen LogP contribution in [0.1, 0.15) is 46.5 Å². The van der Waals surface area contributed by atoms with E-state index in [1.54, 1.807) is 4.90 Å². The lowest BCUT2D eigenvalue weighted by Crippen LogP contribution is -2.35. The average molecular weight is 278 g/mol. The molecule has 1 aliphatic heterocycles. The van der Waals surface area contributed by atoms with Crippen LogP contribution in [0.3, 0.4) is 0 Å². The van der Waals surface area contributed by atoms with Crippen molar-refractivity contribution in [2.45, 2.75) is 31.7 Å². The van der Waals surface area contributed by atoms with E-state index in [-0.39, 0.29) is 24.2 Å². The van der Waals surface area contributed by atoms with Crippen LogP contribution in [0.25, 0.3) is 0 Å². The van der Waals surface area contributed by atoms with Crippen molar-refractivity contribution in [3.05, 3.63) is 29.6 Å². The molecule has 2 heterocycles. The topological polar surface area (TPSA) is 90.7 Å². The Labute approximate surface area is 117 Å². The van der Waals surface area contributed by atoms with Gasteiger partial charge in [-0.2, -0.15) is 0 Å². The maximum Gasteiger partial charge on any atom is 0.354 e. The lowest BCUT2D eigenvalue weighted by Gasteiger charge is -2.24. The minimum Gasteiger partial charge on any atom is -0.477 e. The Bertz CT molecular complexity index is 504.